The molecular formula is C15H23N3O3. The Hall–Kier alpha value is -1.69. The van der Waals surface area contributed by atoms with E-state index < -0.39 is 0 Å². The van der Waals surface area contributed by atoms with E-state index in [1.54, 1.807) is 13.8 Å². The van der Waals surface area contributed by atoms with Crippen molar-refractivity contribution in [3.8, 4) is 0 Å². The Morgan fingerprint density at radius 3 is 2.81 bits per heavy atom. The van der Waals surface area contributed by atoms with Crippen molar-refractivity contribution in [2.75, 3.05) is 6.54 Å². The number of carbonyl (C=O) groups excluding carboxylic acids is 1. The third-order valence-electron chi connectivity index (χ3n) is 4.12. The number of aliphatic hydroxyl groups excluding tert-OH is 1. The second kappa shape index (κ2) is 6.85. The van der Waals surface area contributed by atoms with Crippen LogP contribution in [0.1, 0.15) is 42.8 Å². The zero-order valence-electron chi connectivity index (χ0n) is 12.6. The van der Waals surface area contributed by atoms with Gasteiger partial charge >= 0.3 is 0 Å². The van der Waals surface area contributed by atoms with Crippen LogP contribution in [0.25, 0.3) is 0 Å². The van der Waals surface area contributed by atoms with E-state index in [0.29, 0.717) is 30.0 Å². The minimum Gasteiger partial charge on any atom is -0.393 e. The number of amides is 1. The Morgan fingerprint density at radius 2 is 2.19 bits per heavy atom. The molecule has 1 aliphatic carbocycles. The number of rotatable bonds is 5. The van der Waals surface area contributed by atoms with Gasteiger partial charge in [0.1, 0.15) is 5.82 Å². The van der Waals surface area contributed by atoms with Gasteiger partial charge < -0.3 is 15.4 Å². The lowest BCUT2D eigenvalue weighted by atomic mass is 10.1. The fourth-order valence-electron chi connectivity index (χ4n) is 2.87. The molecule has 2 atom stereocenters. The average molecular weight is 293 g/mol. The van der Waals surface area contributed by atoms with Crippen molar-refractivity contribution in [2.24, 2.45) is 5.92 Å². The summed E-state index contributed by atoms with van der Waals surface area (Å²) in [4.78, 5) is 30.5. The van der Waals surface area contributed by atoms with Gasteiger partial charge in [0.05, 0.1) is 6.10 Å². The number of carbonyl (C=O) groups is 1. The first kappa shape index (κ1) is 15.7. The predicted molar refractivity (Wildman–Crippen MR) is 79.0 cm³/mol. The minimum absolute atomic E-state index is 0.0894. The SMILES string of the molecule is Cc1nc(C)c(CCC(=O)NCC2CCCC2O)c(=O)[nH]1. The van der Waals surface area contributed by atoms with Crippen LogP contribution in [-0.2, 0) is 11.2 Å². The Balaban J connectivity index is 1.83. The monoisotopic (exact) mass is 293 g/mol. The van der Waals surface area contributed by atoms with Crippen molar-refractivity contribution in [3.63, 3.8) is 0 Å². The van der Waals surface area contributed by atoms with Gasteiger partial charge in [-0.3, -0.25) is 9.59 Å². The summed E-state index contributed by atoms with van der Waals surface area (Å²) in [5.41, 5.74) is 1.07. The van der Waals surface area contributed by atoms with Crippen LogP contribution in [0.4, 0.5) is 0 Å². The molecule has 2 unspecified atom stereocenters. The first-order chi connectivity index (χ1) is 9.97. The molecule has 0 spiro atoms. The first-order valence-electron chi connectivity index (χ1n) is 7.48. The maximum absolute atomic E-state index is 11.8. The predicted octanol–water partition coefficient (Wildman–Crippen LogP) is 0.597. The van der Waals surface area contributed by atoms with Crippen LogP contribution >= 0.6 is 0 Å². The van der Waals surface area contributed by atoms with Gasteiger partial charge in [0.15, 0.2) is 0 Å². The van der Waals surface area contributed by atoms with E-state index in [0.717, 1.165) is 19.3 Å². The Bertz CT molecular complexity index is 568. The summed E-state index contributed by atoms with van der Waals surface area (Å²) in [6.45, 7) is 4.03. The highest BCUT2D eigenvalue weighted by Gasteiger charge is 2.25. The molecule has 1 aromatic heterocycles. The van der Waals surface area contributed by atoms with Gasteiger partial charge in [-0.1, -0.05) is 6.42 Å². The number of hydrogen-bond acceptors (Lipinski definition) is 4. The normalized spacial score (nSPS) is 21.5. The number of aryl methyl sites for hydroxylation is 2. The lowest BCUT2D eigenvalue weighted by molar-refractivity contribution is -0.121. The topological polar surface area (TPSA) is 95.1 Å². The van der Waals surface area contributed by atoms with Gasteiger partial charge in [0, 0.05) is 30.1 Å². The third-order valence-corrected chi connectivity index (χ3v) is 4.12. The molecular weight excluding hydrogens is 270 g/mol. The van der Waals surface area contributed by atoms with E-state index in [-0.39, 0.29) is 29.9 Å². The van der Waals surface area contributed by atoms with E-state index in [1.807, 2.05) is 0 Å². The van der Waals surface area contributed by atoms with Crippen LogP contribution in [0.3, 0.4) is 0 Å². The zero-order valence-corrected chi connectivity index (χ0v) is 12.6. The van der Waals surface area contributed by atoms with E-state index in [4.69, 9.17) is 0 Å². The van der Waals surface area contributed by atoms with Gasteiger partial charge in [-0.15, -0.1) is 0 Å². The molecule has 116 valence electrons. The van der Waals surface area contributed by atoms with Gasteiger partial charge in [-0.05, 0) is 33.1 Å². The summed E-state index contributed by atoms with van der Waals surface area (Å²) in [6, 6.07) is 0. The number of aromatic amines is 1. The van der Waals surface area contributed by atoms with Crippen molar-refractivity contribution >= 4 is 5.91 Å². The molecule has 0 radical (unpaired) electrons. The van der Waals surface area contributed by atoms with Crippen molar-refractivity contribution in [1.29, 1.82) is 0 Å². The summed E-state index contributed by atoms with van der Waals surface area (Å²) in [5, 5.41) is 12.5. The van der Waals surface area contributed by atoms with Gasteiger partial charge in [0.25, 0.3) is 5.56 Å². The summed E-state index contributed by atoms with van der Waals surface area (Å²) in [6.07, 6.45) is 3.15. The smallest absolute Gasteiger partial charge is 0.254 e. The van der Waals surface area contributed by atoms with Gasteiger partial charge in [-0.25, -0.2) is 4.98 Å². The van der Waals surface area contributed by atoms with Crippen LogP contribution in [0, 0.1) is 19.8 Å². The van der Waals surface area contributed by atoms with Crippen molar-refractivity contribution in [2.45, 2.75) is 52.1 Å². The number of hydrogen-bond donors (Lipinski definition) is 3. The molecule has 1 aliphatic rings. The number of aliphatic hydroxyl groups is 1. The first-order valence-corrected chi connectivity index (χ1v) is 7.48. The summed E-state index contributed by atoms with van der Waals surface area (Å²) in [5.74, 6) is 0.662. The van der Waals surface area contributed by atoms with E-state index in [1.165, 1.54) is 0 Å². The molecule has 1 amide bonds. The molecule has 21 heavy (non-hydrogen) atoms. The molecule has 6 heteroatoms. The largest absolute Gasteiger partial charge is 0.393 e. The van der Waals surface area contributed by atoms with Crippen molar-refractivity contribution in [1.82, 2.24) is 15.3 Å². The fraction of sp³-hybridized carbons (Fsp3) is 0.667. The lowest BCUT2D eigenvalue weighted by Crippen LogP contribution is -2.33. The van der Waals surface area contributed by atoms with Crippen LogP contribution in [0.5, 0.6) is 0 Å². The Morgan fingerprint density at radius 1 is 1.43 bits per heavy atom. The zero-order chi connectivity index (χ0) is 15.4. The van der Waals surface area contributed by atoms with Crippen LogP contribution in [0.15, 0.2) is 4.79 Å². The quantitative estimate of drug-likeness (QED) is 0.740. The molecule has 1 saturated carbocycles. The Labute approximate surface area is 124 Å². The number of nitrogens with zero attached hydrogens (tertiary/aromatic N) is 1. The highest BCUT2D eigenvalue weighted by Crippen LogP contribution is 2.24. The second-order valence-electron chi connectivity index (χ2n) is 5.78. The molecule has 1 aromatic rings. The summed E-state index contributed by atoms with van der Waals surface area (Å²) in [7, 11) is 0. The molecule has 1 heterocycles. The van der Waals surface area contributed by atoms with Crippen LogP contribution in [0.2, 0.25) is 0 Å². The third kappa shape index (κ3) is 4.14. The number of H-pyrrole nitrogens is 1. The highest BCUT2D eigenvalue weighted by atomic mass is 16.3. The molecule has 1 fully saturated rings. The lowest BCUT2D eigenvalue weighted by Gasteiger charge is -2.15. The molecule has 2 rings (SSSR count). The number of aromatic nitrogens is 2. The highest BCUT2D eigenvalue weighted by molar-refractivity contribution is 5.76. The molecule has 6 nitrogen and oxygen atoms in total. The molecule has 0 saturated heterocycles. The van der Waals surface area contributed by atoms with E-state index >= 15 is 0 Å². The number of nitrogens with one attached hydrogen (secondary N) is 2. The van der Waals surface area contributed by atoms with E-state index in [2.05, 4.69) is 15.3 Å². The van der Waals surface area contributed by atoms with Gasteiger partial charge in [-0.2, -0.15) is 0 Å². The molecule has 0 aromatic carbocycles. The fourth-order valence-corrected chi connectivity index (χ4v) is 2.87. The van der Waals surface area contributed by atoms with E-state index in [9.17, 15) is 14.7 Å². The van der Waals surface area contributed by atoms with Crippen molar-refractivity contribution < 1.29 is 9.90 Å². The average Bonchev–Trinajstić information content (AvgIpc) is 2.80. The second-order valence-corrected chi connectivity index (χ2v) is 5.78. The van der Waals surface area contributed by atoms with Gasteiger partial charge in [0.2, 0.25) is 5.91 Å². The van der Waals surface area contributed by atoms with Crippen molar-refractivity contribution in [3.05, 3.63) is 27.4 Å². The minimum atomic E-state index is -0.295. The molecule has 3 N–H and O–H groups in total. The van der Waals surface area contributed by atoms with Crippen LogP contribution < -0.4 is 10.9 Å². The van der Waals surface area contributed by atoms with Crippen LogP contribution in [-0.4, -0.2) is 33.6 Å². The standard InChI is InChI=1S/C15H23N3O3/c1-9-12(15(21)18-10(2)17-9)6-7-14(20)16-8-11-4-3-5-13(11)19/h11,13,19H,3-8H2,1-2H3,(H,16,20)(H,17,18,21). The maximum Gasteiger partial charge on any atom is 0.254 e. The summed E-state index contributed by atoms with van der Waals surface area (Å²) < 4.78 is 0. The molecule has 0 bridgehead atoms. The summed E-state index contributed by atoms with van der Waals surface area (Å²) >= 11 is 0. The Kier molecular flexibility index (Phi) is 5.12. The molecule has 0 aliphatic heterocycles. The maximum atomic E-state index is 11.8.